The molecule has 5 heteroatoms. The number of phenolic OH excluding ortho intramolecular Hbond substituents is 1. The van der Waals surface area contributed by atoms with Gasteiger partial charge in [-0.2, -0.15) is 0 Å². The van der Waals surface area contributed by atoms with Gasteiger partial charge in [0, 0.05) is 0 Å². The Morgan fingerprint density at radius 2 is 1.82 bits per heavy atom. The van der Waals surface area contributed by atoms with Gasteiger partial charge in [-0.05, 0) is 30.5 Å². The lowest BCUT2D eigenvalue weighted by atomic mass is 10.1. The molecule has 0 amide bonds. The average Bonchev–Trinajstić information content (AvgIpc) is 2.36. The molecule has 0 heterocycles. The van der Waals surface area contributed by atoms with Gasteiger partial charge in [0.1, 0.15) is 0 Å². The molecule has 0 aromatic heterocycles. The summed E-state index contributed by atoms with van der Waals surface area (Å²) in [6.07, 6.45) is 1.41. The van der Waals surface area contributed by atoms with Crippen molar-refractivity contribution in [1.29, 1.82) is 0 Å². The Morgan fingerprint density at radius 1 is 1.24 bits per heavy atom. The van der Waals surface area contributed by atoms with Crippen LogP contribution in [-0.2, 0) is 16.0 Å². The van der Waals surface area contributed by atoms with Crippen molar-refractivity contribution >= 4 is 6.47 Å². The van der Waals surface area contributed by atoms with E-state index in [0.717, 1.165) is 5.56 Å². The van der Waals surface area contributed by atoms with Crippen LogP contribution in [-0.4, -0.2) is 32.4 Å². The summed E-state index contributed by atoms with van der Waals surface area (Å²) in [7, 11) is 2.96. The summed E-state index contributed by atoms with van der Waals surface area (Å²) in [5.74, 6) is 0.731. The zero-order chi connectivity index (χ0) is 12.7. The maximum atomic E-state index is 9.97. The smallest absolute Gasteiger partial charge is 0.293 e. The molecule has 0 atom stereocenters. The maximum Gasteiger partial charge on any atom is 0.293 e. The Morgan fingerprint density at radius 3 is 2.29 bits per heavy atom. The quantitative estimate of drug-likeness (QED) is 0.578. The number of benzene rings is 1. The molecule has 0 saturated heterocycles. The monoisotopic (exact) mass is 240 g/mol. The second kappa shape index (κ2) is 6.62. The highest BCUT2D eigenvalue weighted by molar-refractivity contribution is 5.52. The van der Waals surface area contributed by atoms with Gasteiger partial charge in [-0.25, -0.2) is 0 Å². The van der Waals surface area contributed by atoms with E-state index >= 15 is 0 Å². The van der Waals surface area contributed by atoms with Gasteiger partial charge in [0.25, 0.3) is 6.47 Å². The van der Waals surface area contributed by atoms with E-state index in [4.69, 9.17) is 9.47 Å². The summed E-state index contributed by atoms with van der Waals surface area (Å²) >= 11 is 0. The molecule has 0 bridgehead atoms. The highest BCUT2D eigenvalue weighted by atomic mass is 16.5. The SMILES string of the molecule is COc1cc(CCCOC=O)cc(OC)c1O. The fourth-order valence-electron chi connectivity index (χ4n) is 1.50. The Hall–Kier alpha value is -1.91. The Balaban J connectivity index is 2.75. The fourth-order valence-corrected chi connectivity index (χ4v) is 1.50. The molecule has 0 spiro atoms. The van der Waals surface area contributed by atoms with Gasteiger partial charge < -0.3 is 19.3 Å². The van der Waals surface area contributed by atoms with Gasteiger partial charge in [-0.15, -0.1) is 0 Å². The first-order valence-electron chi connectivity index (χ1n) is 5.22. The number of aryl methyl sites for hydroxylation is 1. The number of methoxy groups -OCH3 is 2. The van der Waals surface area contributed by atoms with Crippen molar-refractivity contribution in [2.24, 2.45) is 0 Å². The molecule has 94 valence electrons. The third kappa shape index (κ3) is 3.55. The molecule has 0 saturated carbocycles. The predicted octanol–water partition coefficient (Wildman–Crippen LogP) is 1.51. The first-order chi connectivity index (χ1) is 8.22. The Labute approximate surface area is 99.9 Å². The lowest BCUT2D eigenvalue weighted by molar-refractivity contribution is -0.128. The first kappa shape index (κ1) is 13.2. The number of ether oxygens (including phenoxy) is 3. The van der Waals surface area contributed by atoms with E-state index in [1.165, 1.54) is 14.2 Å². The van der Waals surface area contributed by atoms with E-state index in [9.17, 15) is 9.90 Å². The van der Waals surface area contributed by atoms with Crippen molar-refractivity contribution in [2.45, 2.75) is 12.8 Å². The minimum Gasteiger partial charge on any atom is -0.502 e. The highest BCUT2D eigenvalue weighted by Gasteiger charge is 2.10. The third-order valence-corrected chi connectivity index (χ3v) is 2.34. The predicted molar refractivity (Wildman–Crippen MR) is 61.5 cm³/mol. The van der Waals surface area contributed by atoms with E-state index in [0.29, 0.717) is 37.4 Å². The molecule has 0 aliphatic carbocycles. The Bertz CT molecular complexity index is 350. The normalized spacial score (nSPS) is 9.76. The number of rotatable bonds is 7. The second-order valence-electron chi connectivity index (χ2n) is 3.42. The lowest BCUT2D eigenvalue weighted by Gasteiger charge is -2.11. The van der Waals surface area contributed by atoms with Crippen molar-refractivity contribution in [3.05, 3.63) is 17.7 Å². The van der Waals surface area contributed by atoms with Crippen LogP contribution in [0.4, 0.5) is 0 Å². The van der Waals surface area contributed by atoms with E-state index < -0.39 is 0 Å². The molecule has 17 heavy (non-hydrogen) atoms. The van der Waals surface area contributed by atoms with Gasteiger partial charge >= 0.3 is 0 Å². The first-order valence-corrected chi connectivity index (χ1v) is 5.22. The van der Waals surface area contributed by atoms with Crippen LogP contribution in [0.1, 0.15) is 12.0 Å². The summed E-state index contributed by atoms with van der Waals surface area (Å²) in [6, 6.07) is 3.47. The maximum absolute atomic E-state index is 9.97. The molecule has 0 unspecified atom stereocenters. The molecular weight excluding hydrogens is 224 g/mol. The lowest BCUT2D eigenvalue weighted by Crippen LogP contribution is -1.97. The molecule has 0 aliphatic rings. The van der Waals surface area contributed by atoms with Crippen molar-refractivity contribution in [1.82, 2.24) is 0 Å². The molecule has 1 aromatic rings. The number of hydrogen-bond acceptors (Lipinski definition) is 5. The minimum absolute atomic E-state index is 0.0112. The molecule has 0 radical (unpaired) electrons. The van der Waals surface area contributed by atoms with E-state index in [1.807, 2.05) is 0 Å². The molecule has 1 aromatic carbocycles. The highest BCUT2D eigenvalue weighted by Crippen LogP contribution is 2.37. The Kier molecular flexibility index (Phi) is 5.13. The number of carbonyl (C=O) groups is 1. The van der Waals surface area contributed by atoms with Crippen molar-refractivity contribution in [3.8, 4) is 17.2 Å². The van der Waals surface area contributed by atoms with Crippen LogP contribution in [0, 0.1) is 0 Å². The topological polar surface area (TPSA) is 65.0 Å². The molecular formula is C12H16O5. The van der Waals surface area contributed by atoms with E-state index in [-0.39, 0.29) is 5.75 Å². The summed E-state index contributed by atoms with van der Waals surface area (Å²) in [6.45, 7) is 0.799. The molecule has 1 N–H and O–H groups in total. The zero-order valence-corrected chi connectivity index (χ0v) is 9.93. The molecule has 0 aliphatic heterocycles. The van der Waals surface area contributed by atoms with Crippen LogP contribution in [0.3, 0.4) is 0 Å². The van der Waals surface area contributed by atoms with Gasteiger partial charge in [0.05, 0.1) is 20.8 Å². The summed E-state index contributed by atoms with van der Waals surface area (Å²) in [5.41, 5.74) is 0.950. The third-order valence-electron chi connectivity index (χ3n) is 2.34. The van der Waals surface area contributed by atoms with Crippen LogP contribution in [0.25, 0.3) is 0 Å². The fraction of sp³-hybridized carbons (Fsp3) is 0.417. The van der Waals surface area contributed by atoms with Crippen LogP contribution >= 0.6 is 0 Å². The number of hydrogen-bond donors (Lipinski definition) is 1. The summed E-state index contributed by atoms with van der Waals surface area (Å²) in [5, 5.41) is 9.70. The van der Waals surface area contributed by atoms with Gasteiger partial charge in [-0.1, -0.05) is 0 Å². The van der Waals surface area contributed by atoms with Crippen molar-refractivity contribution < 1.29 is 24.1 Å². The van der Waals surface area contributed by atoms with E-state index in [2.05, 4.69) is 4.74 Å². The molecule has 0 fully saturated rings. The van der Waals surface area contributed by atoms with Crippen LogP contribution < -0.4 is 9.47 Å². The van der Waals surface area contributed by atoms with Crippen molar-refractivity contribution in [2.75, 3.05) is 20.8 Å². The van der Waals surface area contributed by atoms with Crippen LogP contribution in [0.5, 0.6) is 17.2 Å². The van der Waals surface area contributed by atoms with Crippen molar-refractivity contribution in [3.63, 3.8) is 0 Å². The van der Waals surface area contributed by atoms with Gasteiger partial charge in [0.15, 0.2) is 11.5 Å². The average molecular weight is 240 g/mol. The summed E-state index contributed by atoms with van der Waals surface area (Å²) in [4.78, 5) is 9.97. The van der Waals surface area contributed by atoms with Crippen LogP contribution in [0.2, 0.25) is 0 Å². The molecule has 5 nitrogen and oxygen atoms in total. The minimum atomic E-state index is -0.0112. The number of phenols is 1. The number of aromatic hydroxyl groups is 1. The second-order valence-corrected chi connectivity index (χ2v) is 3.42. The summed E-state index contributed by atoms with van der Waals surface area (Å²) < 4.78 is 14.7. The largest absolute Gasteiger partial charge is 0.502 e. The number of carbonyl (C=O) groups excluding carboxylic acids is 1. The van der Waals surface area contributed by atoms with E-state index in [1.54, 1.807) is 12.1 Å². The zero-order valence-electron chi connectivity index (χ0n) is 9.93. The standard InChI is InChI=1S/C12H16O5/c1-15-10-6-9(4-3-5-17-8-13)7-11(16-2)12(10)14/h6-8,14H,3-5H2,1-2H3. The van der Waals surface area contributed by atoms with Crippen LogP contribution in [0.15, 0.2) is 12.1 Å². The van der Waals surface area contributed by atoms with Gasteiger partial charge in [-0.3, -0.25) is 4.79 Å². The molecule has 1 rings (SSSR count). The van der Waals surface area contributed by atoms with Gasteiger partial charge in [0.2, 0.25) is 5.75 Å².